The van der Waals surface area contributed by atoms with Crippen LogP contribution in [0, 0.1) is 0 Å². The van der Waals surface area contributed by atoms with Gasteiger partial charge in [0, 0.05) is 6.20 Å². The Balaban J connectivity index is 1.88. The van der Waals surface area contributed by atoms with Gasteiger partial charge in [0.05, 0.1) is 5.56 Å². The van der Waals surface area contributed by atoms with E-state index in [1.165, 1.54) is 5.56 Å². The predicted molar refractivity (Wildman–Crippen MR) is 78.6 cm³/mol. The van der Waals surface area contributed by atoms with Gasteiger partial charge in [-0.25, -0.2) is 4.98 Å². The molecule has 1 aliphatic heterocycles. The highest BCUT2D eigenvalue weighted by molar-refractivity contribution is 6.00. The van der Waals surface area contributed by atoms with Gasteiger partial charge in [-0.05, 0) is 29.2 Å². The quantitative estimate of drug-likeness (QED) is 0.879. The van der Waals surface area contributed by atoms with Gasteiger partial charge in [0.25, 0.3) is 5.91 Å². The minimum atomic E-state index is -0.230. The Morgan fingerprint density at radius 2 is 1.85 bits per heavy atom. The van der Waals surface area contributed by atoms with Crippen LogP contribution in [0.25, 0.3) is 0 Å². The Kier molecular flexibility index (Phi) is 3.14. The van der Waals surface area contributed by atoms with Crippen LogP contribution in [-0.2, 0) is 0 Å². The number of nitrogens with one attached hydrogen (secondary N) is 2. The van der Waals surface area contributed by atoms with E-state index in [-0.39, 0.29) is 12.1 Å². The van der Waals surface area contributed by atoms with Crippen LogP contribution in [-0.4, -0.2) is 10.9 Å². The number of pyridine rings is 1. The van der Waals surface area contributed by atoms with Gasteiger partial charge in [0.2, 0.25) is 0 Å². The van der Waals surface area contributed by atoms with E-state index in [1.54, 1.807) is 18.3 Å². The minimum Gasteiger partial charge on any atom is -0.346 e. The van der Waals surface area contributed by atoms with E-state index in [9.17, 15) is 4.79 Å². The van der Waals surface area contributed by atoms with E-state index in [1.807, 2.05) is 12.1 Å². The molecule has 1 atom stereocenters. The molecule has 2 N–H and O–H groups in total. The van der Waals surface area contributed by atoms with Crippen LogP contribution in [0.15, 0.2) is 42.6 Å². The van der Waals surface area contributed by atoms with Gasteiger partial charge in [-0.1, -0.05) is 38.1 Å². The predicted octanol–water partition coefficient (Wildman–Crippen LogP) is 3.06. The Bertz CT molecular complexity index is 634. The maximum atomic E-state index is 12.1. The molecule has 0 saturated carbocycles. The lowest BCUT2D eigenvalue weighted by Gasteiger charge is -2.27. The third kappa shape index (κ3) is 2.25. The monoisotopic (exact) mass is 267 g/mol. The number of nitrogens with zero attached hydrogens (tertiary/aromatic N) is 1. The number of carbonyl (C=O) groups is 1. The standard InChI is InChI=1S/C16H17N3O/c1-10(2)11-5-7-12(8-6-11)14-18-15-13(16(20)19-14)4-3-9-17-15/h3-10,14H,1-2H3,(H,17,18)(H,19,20)/t14-/m1/s1. The van der Waals surface area contributed by atoms with Crippen LogP contribution >= 0.6 is 0 Å². The lowest BCUT2D eigenvalue weighted by molar-refractivity contribution is 0.0935. The number of aromatic nitrogens is 1. The van der Waals surface area contributed by atoms with Gasteiger partial charge >= 0.3 is 0 Å². The summed E-state index contributed by atoms with van der Waals surface area (Å²) in [5, 5.41) is 6.20. The molecule has 0 saturated heterocycles. The van der Waals surface area contributed by atoms with Crippen molar-refractivity contribution in [3.8, 4) is 0 Å². The first-order chi connectivity index (χ1) is 9.65. The average Bonchev–Trinajstić information content (AvgIpc) is 2.47. The van der Waals surface area contributed by atoms with Crippen molar-refractivity contribution in [2.45, 2.75) is 25.9 Å². The van der Waals surface area contributed by atoms with Crippen LogP contribution in [0.3, 0.4) is 0 Å². The van der Waals surface area contributed by atoms with Crippen LogP contribution < -0.4 is 10.6 Å². The summed E-state index contributed by atoms with van der Waals surface area (Å²) in [6.45, 7) is 4.33. The number of amides is 1. The number of hydrogen-bond acceptors (Lipinski definition) is 3. The van der Waals surface area contributed by atoms with Crippen LogP contribution in [0.2, 0.25) is 0 Å². The van der Waals surface area contributed by atoms with E-state index in [2.05, 4.69) is 41.6 Å². The molecular weight excluding hydrogens is 250 g/mol. The molecule has 2 aromatic rings. The molecule has 4 nitrogen and oxygen atoms in total. The summed E-state index contributed by atoms with van der Waals surface area (Å²) in [7, 11) is 0. The molecule has 20 heavy (non-hydrogen) atoms. The van der Waals surface area contributed by atoms with Gasteiger partial charge in [0.1, 0.15) is 12.0 Å². The van der Waals surface area contributed by atoms with Gasteiger partial charge in [0.15, 0.2) is 0 Å². The highest BCUT2D eigenvalue weighted by Crippen LogP contribution is 2.25. The van der Waals surface area contributed by atoms with Gasteiger partial charge in [-0.15, -0.1) is 0 Å². The van der Waals surface area contributed by atoms with Crippen molar-refractivity contribution in [2.24, 2.45) is 0 Å². The molecule has 2 heterocycles. The lowest BCUT2D eigenvalue weighted by atomic mass is 10.0. The number of fused-ring (bicyclic) bond motifs is 1. The van der Waals surface area contributed by atoms with Gasteiger partial charge < -0.3 is 10.6 Å². The van der Waals surface area contributed by atoms with E-state index in [0.717, 1.165) is 5.56 Å². The number of anilines is 1. The molecule has 1 amide bonds. The second-order valence-corrected chi connectivity index (χ2v) is 5.27. The van der Waals surface area contributed by atoms with Crippen molar-refractivity contribution in [2.75, 3.05) is 5.32 Å². The minimum absolute atomic E-state index is 0.0928. The third-order valence-electron chi connectivity index (χ3n) is 3.55. The number of rotatable bonds is 2. The molecule has 3 rings (SSSR count). The number of benzene rings is 1. The van der Waals surface area contributed by atoms with Crippen molar-refractivity contribution in [1.82, 2.24) is 10.3 Å². The van der Waals surface area contributed by atoms with E-state index in [0.29, 0.717) is 17.3 Å². The largest absolute Gasteiger partial charge is 0.346 e. The first-order valence-electron chi connectivity index (χ1n) is 6.77. The second kappa shape index (κ2) is 4.96. The molecule has 1 aromatic heterocycles. The zero-order valence-electron chi connectivity index (χ0n) is 11.6. The van der Waals surface area contributed by atoms with Crippen molar-refractivity contribution >= 4 is 11.7 Å². The zero-order chi connectivity index (χ0) is 14.1. The fourth-order valence-electron chi connectivity index (χ4n) is 2.33. The Labute approximate surface area is 118 Å². The Morgan fingerprint density at radius 3 is 2.55 bits per heavy atom. The Morgan fingerprint density at radius 1 is 1.10 bits per heavy atom. The molecule has 0 fully saturated rings. The third-order valence-corrected chi connectivity index (χ3v) is 3.55. The molecule has 0 unspecified atom stereocenters. The van der Waals surface area contributed by atoms with E-state index >= 15 is 0 Å². The Hall–Kier alpha value is -2.36. The first kappa shape index (κ1) is 12.7. The number of hydrogen-bond donors (Lipinski definition) is 2. The molecule has 102 valence electrons. The molecule has 0 aliphatic carbocycles. The van der Waals surface area contributed by atoms with Crippen LogP contribution in [0.5, 0.6) is 0 Å². The average molecular weight is 267 g/mol. The molecule has 0 bridgehead atoms. The SMILES string of the molecule is CC(C)c1ccc([C@H]2NC(=O)c3cccnc3N2)cc1. The zero-order valence-corrected chi connectivity index (χ0v) is 11.6. The highest BCUT2D eigenvalue weighted by Gasteiger charge is 2.24. The van der Waals surface area contributed by atoms with Crippen molar-refractivity contribution < 1.29 is 4.79 Å². The first-order valence-corrected chi connectivity index (χ1v) is 6.77. The summed E-state index contributed by atoms with van der Waals surface area (Å²) < 4.78 is 0. The fourth-order valence-corrected chi connectivity index (χ4v) is 2.33. The summed E-state index contributed by atoms with van der Waals surface area (Å²) in [5.74, 6) is 1.04. The number of carbonyl (C=O) groups excluding carboxylic acids is 1. The smallest absolute Gasteiger partial charge is 0.256 e. The fraction of sp³-hybridized carbons (Fsp3) is 0.250. The van der Waals surface area contributed by atoms with E-state index < -0.39 is 0 Å². The normalized spacial score (nSPS) is 17.4. The summed E-state index contributed by atoms with van der Waals surface area (Å²) >= 11 is 0. The van der Waals surface area contributed by atoms with Crippen molar-refractivity contribution in [1.29, 1.82) is 0 Å². The molecule has 0 radical (unpaired) electrons. The lowest BCUT2D eigenvalue weighted by Crippen LogP contribution is -2.38. The molecule has 1 aromatic carbocycles. The second-order valence-electron chi connectivity index (χ2n) is 5.27. The molecule has 4 heteroatoms. The van der Waals surface area contributed by atoms with Crippen molar-refractivity contribution in [3.05, 3.63) is 59.3 Å². The molecule has 0 spiro atoms. The molecule has 1 aliphatic rings. The van der Waals surface area contributed by atoms with E-state index in [4.69, 9.17) is 0 Å². The van der Waals surface area contributed by atoms with Gasteiger partial charge in [-0.2, -0.15) is 0 Å². The highest BCUT2D eigenvalue weighted by atomic mass is 16.2. The maximum Gasteiger partial charge on any atom is 0.256 e. The van der Waals surface area contributed by atoms with Crippen LogP contribution in [0.4, 0.5) is 5.82 Å². The summed E-state index contributed by atoms with van der Waals surface area (Å²) in [4.78, 5) is 16.3. The van der Waals surface area contributed by atoms with Gasteiger partial charge in [-0.3, -0.25) is 4.79 Å². The summed E-state index contributed by atoms with van der Waals surface area (Å²) in [6.07, 6.45) is 1.45. The maximum absolute atomic E-state index is 12.1. The van der Waals surface area contributed by atoms with Crippen LogP contribution in [0.1, 0.15) is 47.4 Å². The summed E-state index contributed by atoms with van der Waals surface area (Å²) in [6, 6.07) is 11.8. The summed E-state index contributed by atoms with van der Waals surface area (Å²) in [5.41, 5.74) is 2.90. The molecular formula is C16H17N3O. The topological polar surface area (TPSA) is 54.0 Å². The van der Waals surface area contributed by atoms with Crippen molar-refractivity contribution in [3.63, 3.8) is 0 Å².